The highest BCUT2D eigenvalue weighted by Gasteiger charge is 2.26. The molecule has 7 nitrogen and oxygen atoms in total. The summed E-state index contributed by atoms with van der Waals surface area (Å²) >= 11 is 1.39. The standard InChI is InChI=1S/C17H18N6OS/c1-22-10-19-8-15(22)14-7-18-6-13(21-14)12-2-4-23(5-3-12)17(24)16-9-20-11-25-16/h6-12H,2-5H2,1H3. The minimum atomic E-state index is 0.0793. The van der Waals surface area contributed by atoms with E-state index in [1.54, 1.807) is 30.4 Å². The summed E-state index contributed by atoms with van der Waals surface area (Å²) in [6.07, 6.45) is 10.6. The van der Waals surface area contributed by atoms with Gasteiger partial charge in [-0.3, -0.25) is 14.8 Å². The second kappa shape index (κ2) is 6.72. The largest absolute Gasteiger partial charge is 0.338 e. The van der Waals surface area contributed by atoms with Gasteiger partial charge in [-0.05, 0) is 12.8 Å². The molecule has 8 heteroatoms. The number of carbonyl (C=O) groups is 1. The molecule has 0 aromatic carbocycles. The number of rotatable bonds is 3. The fraction of sp³-hybridized carbons (Fsp3) is 0.353. The van der Waals surface area contributed by atoms with Crippen LogP contribution in [0, 0.1) is 0 Å². The van der Waals surface area contributed by atoms with Crippen molar-refractivity contribution in [2.75, 3.05) is 13.1 Å². The molecule has 0 bridgehead atoms. The summed E-state index contributed by atoms with van der Waals surface area (Å²) in [5.74, 6) is 0.404. The van der Waals surface area contributed by atoms with Gasteiger partial charge in [0.25, 0.3) is 5.91 Å². The van der Waals surface area contributed by atoms with Crippen LogP contribution in [0.1, 0.15) is 34.1 Å². The van der Waals surface area contributed by atoms with Crippen molar-refractivity contribution in [3.63, 3.8) is 0 Å². The molecule has 3 aromatic heterocycles. The van der Waals surface area contributed by atoms with Crippen molar-refractivity contribution in [2.45, 2.75) is 18.8 Å². The van der Waals surface area contributed by atoms with Crippen LogP contribution in [-0.2, 0) is 7.05 Å². The van der Waals surface area contributed by atoms with Crippen LogP contribution in [0.25, 0.3) is 11.4 Å². The van der Waals surface area contributed by atoms with Gasteiger partial charge in [0, 0.05) is 32.3 Å². The molecule has 1 amide bonds. The molecule has 4 heterocycles. The quantitative estimate of drug-likeness (QED) is 0.721. The third-order valence-corrected chi connectivity index (χ3v) is 5.34. The first-order valence-electron chi connectivity index (χ1n) is 8.19. The van der Waals surface area contributed by atoms with Crippen LogP contribution in [0.5, 0.6) is 0 Å². The fourth-order valence-electron chi connectivity index (χ4n) is 3.16. The van der Waals surface area contributed by atoms with E-state index < -0.39 is 0 Å². The minimum Gasteiger partial charge on any atom is -0.338 e. The van der Waals surface area contributed by atoms with Gasteiger partial charge in [-0.15, -0.1) is 11.3 Å². The molecule has 0 aliphatic carbocycles. The summed E-state index contributed by atoms with van der Waals surface area (Å²) in [6, 6.07) is 0. The average molecular weight is 354 g/mol. The van der Waals surface area contributed by atoms with Crippen molar-refractivity contribution < 1.29 is 4.79 Å². The van der Waals surface area contributed by atoms with Gasteiger partial charge < -0.3 is 9.47 Å². The van der Waals surface area contributed by atoms with Gasteiger partial charge in [-0.2, -0.15) is 0 Å². The first-order valence-corrected chi connectivity index (χ1v) is 9.06. The van der Waals surface area contributed by atoms with Crippen LogP contribution in [0.15, 0.2) is 36.6 Å². The maximum absolute atomic E-state index is 12.4. The maximum atomic E-state index is 12.4. The molecular formula is C17H18N6OS. The number of piperidine rings is 1. The Morgan fingerprint density at radius 2 is 1.96 bits per heavy atom. The number of aromatic nitrogens is 5. The lowest BCUT2D eigenvalue weighted by molar-refractivity contribution is 0.0716. The second-order valence-electron chi connectivity index (χ2n) is 6.15. The lowest BCUT2D eigenvalue weighted by atomic mass is 9.93. The van der Waals surface area contributed by atoms with Gasteiger partial charge in [0.05, 0.1) is 41.8 Å². The van der Waals surface area contributed by atoms with Gasteiger partial charge in [0.2, 0.25) is 0 Å². The predicted molar refractivity (Wildman–Crippen MR) is 94.2 cm³/mol. The highest BCUT2D eigenvalue weighted by atomic mass is 32.1. The Bertz CT molecular complexity index is 867. The van der Waals surface area contributed by atoms with Crippen LogP contribution in [0.4, 0.5) is 0 Å². The number of thiazole rings is 1. The molecule has 0 atom stereocenters. The van der Waals surface area contributed by atoms with E-state index in [2.05, 4.69) is 15.0 Å². The van der Waals surface area contributed by atoms with E-state index in [0.29, 0.717) is 10.8 Å². The minimum absolute atomic E-state index is 0.0793. The number of nitrogens with zero attached hydrogens (tertiary/aromatic N) is 6. The Morgan fingerprint density at radius 1 is 1.12 bits per heavy atom. The Hall–Kier alpha value is -2.61. The molecule has 0 saturated carbocycles. The maximum Gasteiger partial charge on any atom is 0.265 e. The smallest absolute Gasteiger partial charge is 0.265 e. The summed E-state index contributed by atoms with van der Waals surface area (Å²) in [5, 5.41) is 0. The van der Waals surface area contributed by atoms with Crippen molar-refractivity contribution in [1.82, 2.24) is 29.4 Å². The normalized spacial score (nSPS) is 15.5. The van der Waals surface area contributed by atoms with E-state index in [1.807, 2.05) is 22.7 Å². The zero-order chi connectivity index (χ0) is 17.2. The molecule has 0 unspecified atom stereocenters. The highest BCUT2D eigenvalue weighted by Crippen LogP contribution is 2.28. The van der Waals surface area contributed by atoms with Crippen LogP contribution >= 0.6 is 11.3 Å². The predicted octanol–water partition coefficient (Wildman–Crippen LogP) is 2.35. The summed E-state index contributed by atoms with van der Waals surface area (Å²) in [6.45, 7) is 1.47. The molecule has 0 spiro atoms. The van der Waals surface area contributed by atoms with Crippen LogP contribution < -0.4 is 0 Å². The zero-order valence-electron chi connectivity index (χ0n) is 13.9. The fourth-order valence-corrected chi connectivity index (χ4v) is 3.75. The summed E-state index contributed by atoms with van der Waals surface area (Å²) in [5.41, 5.74) is 4.47. The van der Waals surface area contributed by atoms with E-state index in [9.17, 15) is 4.79 Å². The van der Waals surface area contributed by atoms with Gasteiger partial charge in [0.15, 0.2) is 0 Å². The average Bonchev–Trinajstić information content (AvgIpc) is 3.33. The first-order chi connectivity index (χ1) is 12.2. The van der Waals surface area contributed by atoms with Gasteiger partial charge in [0.1, 0.15) is 10.6 Å². The molecule has 4 rings (SSSR count). The number of imidazole rings is 1. The van der Waals surface area contributed by atoms with Crippen molar-refractivity contribution in [3.8, 4) is 11.4 Å². The van der Waals surface area contributed by atoms with Crippen molar-refractivity contribution in [3.05, 3.63) is 47.2 Å². The molecule has 0 N–H and O–H groups in total. The lowest BCUT2D eigenvalue weighted by Gasteiger charge is -2.31. The Balaban J connectivity index is 1.46. The molecule has 25 heavy (non-hydrogen) atoms. The number of hydrogen-bond donors (Lipinski definition) is 0. The molecule has 1 aliphatic heterocycles. The van der Waals surface area contributed by atoms with E-state index in [0.717, 1.165) is 43.0 Å². The summed E-state index contributed by atoms with van der Waals surface area (Å²) < 4.78 is 1.93. The van der Waals surface area contributed by atoms with E-state index in [-0.39, 0.29) is 5.91 Å². The number of amides is 1. The van der Waals surface area contributed by atoms with E-state index in [1.165, 1.54) is 11.3 Å². The third-order valence-electron chi connectivity index (χ3n) is 4.58. The third kappa shape index (κ3) is 3.17. The zero-order valence-corrected chi connectivity index (χ0v) is 14.7. The van der Waals surface area contributed by atoms with Gasteiger partial charge in [-0.25, -0.2) is 9.97 Å². The molecular weight excluding hydrogens is 336 g/mol. The van der Waals surface area contributed by atoms with Crippen LogP contribution in [0.3, 0.4) is 0 Å². The molecule has 1 saturated heterocycles. The molecule has 3 aromatic rings. The van der Waals surface area contributed by atoms with E-state index >= 15 is 0 Å². The highest BCUT2D eigenvalue weighted by molar-refractivity contribution is 7.11. The van der Waals surface area contributed by atoms with Crippen molar-refractivity contribution >= 4 is 17.2 Å². The molecule has 128 valence electrons. The van der Waals surface area contributed by atoms with Crippen molar-refractivity contribution in [2.24, 2.45) is 7.05 Å². The van der Waals surface area contributed by atoms with Gasteiger partial charge in [-0.1, -0.05) is 0 Å². The Morgan fingerprint density at radius 3 is 2.64 bits per heavy atom. The summed E-state index contributed by atoms with van der Waals surface area (Å²) in [7, 11) is 1.94. The number of carbonyl (C=O) groups excluding carboxylic acids is 1. The SMILES string of the molecule is Cn1cncc1-c1cncc(C2CCN(C(=O)c3cncs3)CC2)n1. The van der Waals surface area contributed by atoms with E-state index in [4.69, 9.17) is 4.98 Å². The first kappa shape index (κ1) is 15.9. The van der Waals surface area contributed by atoms with Gasteiger partial charge >= 0.3 is 0 Å². The lowest BCUT2D eigenvalue weighted by Crippen LogP contribution is -2.37. The number of hydrogen-bond acceptors (Lipinski definition) is 6. The Labute approximate surface area is 149 Å². The molecule has 0 radical (unpaired) electrons. The number of aryl methyl sites for hydroxylation is 1. The van der Waals surface area contributed by atoms with Crippen LogP contribution in [0.2, 0.25) is 0 Å². The molecule has 1 aliphatic rings. The number of likely N-dealkylation sites (tertiary alicyclic amines) is 1. The Kier molecular flexibility index (Phi) is 4.27. The van der Waals surface area contributed by atoms with Crippen LogP contribution in [-0.4, -0.2) is 48.4 Å². The second-order valence-corrected chi connectivity index (χ2v) is 7.04. The molecule has 1 fully saturated rings. The summed E-state index contributed by atoms with van der Waals surface area (Å²) in [4.78, 5) is 32.3. The topological polar surface area (TPSA) is 76.8 Å². The monoisotopic (exact) mass is 354 g/mol. The van der Waals surface area contributed by atoms with Crippen molar-refractivity contribution in [1.29, 1.82) is 0 Å².